The van der Waals surface area contributed by atoms with E-state index in [4.69, 9.17) is 9.47 Å². The van der Waals surface area contributed by atoms with Crippen LogP contribution in [-0.2, 0) is 47.7 Å². The summed E-state index contributed by atoms with van der Waals surface area (Å²) in [4.78, 5) is 52.1. The summed E-state index contributed by atoms with van der Waals surface area (Å²) in [6.07, 6.45) is 7.10. The van der Waals surface area contributed by atoms with Gasteiger partial charge in [-0.25, -0.2) is 24.0 Å². The molecule has 0 heterocycles. The van der Waals surface area contributed by atoms with E-state index in [-0.39, 0.29) is 29.8 Å². The van der Waals surface area contributed by atoms with E-state index < -0.39 is 0 Å². The standard InChI is InChI=1S/2C8H14O2.C7H12O2.2C5H8O2/c2*1-4-5-6-10-8(9)7(2)3;1-3-5-6-9-7(8)4-2;2*1-4(2)5(6)7-3/h2*2,4-6H2,1,3H3;4H,2-3,5-6H2,1H3;2*1H2,2-3H3. The molecule has 43 heavy (non-hydrogen) atoms. The first-order valence-electron chi connectivity index (χ1n) is 14.0. The van der Waals surface area contributed by atoms with E-state index >= 15 is 0 Å². The summed E-state index contributed by atoms with van der Waals surface area (Å²) in [5, 5.41) is 0. The maximum Gasteiger partial charge on any atom is 0.333 e. The van der Waals surface area contributed by atoms with Gasteiger partial charge in [0.2, 0.25) is 0 Å². The lowest BCUT2D eigenvalue weighted by Gasteiger charge is -2.01. The quantitative estimate of drug-likeness (QED) is 0.0893. The van der Waals surface area contributed by atoms with Crippen LogP contribution in [0.3, 0.4) is 0 Å². The van der Waals surface area contributed by atoms with Crippen molar-refractivity contribution in [3.63, 3.8) is 0 Å². The summed E-state index contributed by atoms with van der Waals surface area (Å²) in [5.74, 6) is -1.59. The molecule has 0 aromatic carbocycles. The molecule has 0 aromatic heterocycles. The van der Waals surface area contributed by atoms with E-state index in [1.807, 2.05) is 6.92 Å². The van der Waals surface area contributed by atoms with E-state index in [0.29, 0.717) is 42.1 Å². The zero-order valence-electron chi connectivity index (χ0n) is 28.1. The van der Waals surface area contributed by atoms with Gasteiger partial charge in [-0.1, -0.05) is 72.9 Å². The van der Waals surface area contributed by atoms with Crippen LogP contribution < -0.4 is 0 Å². The van der Waals surface area contributed by atoms with E-state index in [1.165, 1.54) is 20.3 Å². The summed E-state index contributed by atoms with van der Waals surface area (Å²) in [7, 11) is 2.66. The molecule has 0 aromatic rings. The van der Waals surface area contributed by atoms with Crippen molar-refractivity contribution in [2.75, 3.05) is 34.0 Å². The van der Waals surface area contributed by atoms with Crippen LogP contribution in [0.4, 0.5) is 0 Å². The van der Waals surface area contributed by atoms with Gasteiger partial charge >= 0.3 is 29.8 Å². The first kappa shape index (κ1) is 48.8. The van der Waals surface area contributed by atoms with Gasteiger partial charge in [-0.2, -0.15) is 0 Å². The Bertz CT molecular complexity index is 811. The lowest BCUT2D eigenvalue weighted by atomic mass is 10.3. The van der Waals surface area contributed by atoms with Crippen molar-refractivity contribution in [2.24, 2.45) is 0 Å². The van der Waals surface area contributed by atoms with Crippen LogP contribution in [0.25, 0.3) is 0 Å². The monoisotopic (exact) mass is 612 g/mol. The van der Waals surface area contributed by atoms with Crippen LogP contribution in [-0.4, -0.2) is 63.9 Å². The van der Waals surface area contributed by atoms with Crippen molar-refractivity contribution < 1.29 is 47.7 Å². The van der Waals surface area contributed by atoms with Crippen molar-refractivity contribution in [1.29, 1.82) is 0 Å². The summed E-state index contributed by atoms with van der Waals surface area (Å²) < 4.78 is 22.8. The molecule has 0 aliphatic heterocycles. The van der Waals surface area contributed by atoms with Gasteiger partial charge in [0.25, 0.3) is 0 Å². The van der Waals surface area contributed by atoms with Crippen LogP contribution in [0, 0.1) is 0 Å². The average Bonchev–Trinajstić information content (AvgIpc) is 2.97. The van der Waals surface area contributed by atoms with Crippen molar-refractivity contribution in [1.82, 2.24) is 0 Å². The molecule has 0 N–H and O–H groups in total. The van der Waals surface area contributed by atoms with Gasteiger partial charge in [-0.3, -0.25) is 0 Å². The fourth-order valence-corrected chi connectivity index (χ4v) is 1.59. The molecule has 0 saturated carbocycles. The summed E-state index contributed by atoms with van der Waals surface area (Å²) in [6.45, 7) is 31.1. The number of hydrogen-bond donors (Lipinski definition) is 0. The lowest BCUT2D eigenvalue weighted by molar-refractivity contribution is -0.139. The van der Waals surface area contributed by atoms with Crippen LogP contribution in [0.5, 0.6) is 0 Å². The Morgan fingerprint density at radius 3 is 0.930 bits per heavy atom. The van der Waals surface area contributed by atoms with Gasteiger partial charge < -0.3 is 23.7 Å². The second-order valence-electron chi connectivity index (χ2n) is 8.81. The second kappa shape index (κ2) is 36.1. The Morgan fingerprint density at radius 2 is 0.767 bits per heavy atom. The molecule has 0 amide bonds. The number of methoxy groups -OCH3 is 2. The highest BCUT2D eigenvalue weighted by Gasteiger charge is 2.01. The molecular formula is C33H56O10. The third-order valence-corrected chi connectivity index (χ3v) is 4.14. The molecule has 0 atom stereocenters. The molecule has 248 valence electrons. The van der Waals surface area contributed by atoms with Crippen LogP contribution in [0.15, 0.2) is 61.3 Å². The van der Waals surface area contributed by atoms with Crippen molar-refractivity contribution in [3.05, 3.63) is 61.3 Å². The van der Waals surface area contributed by atoms with Crippen LogP contribution in [0.2, 0.25) is 0 Å². The average molecular weight is 613 g/mol. The van der Waals surface area contributed by atoms with Crippen molar-refractivity contribution in [3.8, 4) is 0 Å². The summed E-state index contributed by atoms with van der Waals surface area (Å²) >= 11 is 0. The minimum atomic E-state index is -0.347. The molecule has 0 radical (unpaired) electrons. The Hall–Kier alpha value is -3.95. The number of ether oxygens (including phenoxy) is 5. The molecular weight excluding hydrogens is 556 g/mol. The predicted molar refractivity (Wildman–Crippen MR) is 171 cm³/mol. The number of esters is 5. The Kier molecular flexibility index (Phi) is 40.9. The van der Waals surface area contributed by atoms with Gasteiger partial charge in [0.15, 0.2) is 0 Å². The number of hydrogen-bond acceptors (Lipinski definition) is 10. The highest BCUT2D eigenvalue weighted by molar-refractivity contribution is 5.88. The SMILES string of the molecule is C=C(C)C(=O)OC.C=C(C)C(=O)OC.C=C(C)C(=O)OCCCC.C=C(C)C(=O)OCCCC.C=CC(=O)OCCCC. The van der Waals surface area contributed by atoms with E-state index in [9.17, 15) is 24.0 Å². The molecule has 0 bridgehead atoms. The third kappa shape index (κ3) is 45.3. The zero-order chi connectivity index (χ0) is 34.8. The Balaban J connectivity index is -0.000000141. The largest absolute Gasteiger partial charge is 0.466 e. The molecule has 10 heteroatoms. The van der Waals surface area contributed by atoms with Gasteiger partial charge in [-0.15, -0.1) is 0 Å². The molecule has 0 saturated heterocycles. The number of carbonyl (C=O) groups excluding carboxylic acids is 5. The smallest absolute Gasteiger partial charge is 0.333 e. The molecule has 10 nitrogen and oxygen atoms in total. The lowest BCUT2D eigenvalue weighted by Crippen LogP contribution is -2.05. The highest BCUT2D eigenvalue weighted by atomic mass is 16.5. The summed E-state index contributed by atoms with van der Waals surface area (Å²) in [5.41, 5.74) is 1.80. The molecule has 0 aliphatic carbocycles. The topological polar surface area (TPSA) is 132 Å². The number of unbranched alkanes of at least 4 members (excludes halogenated alkanes) is 3. The zero-order valence-corrected chi connectivity index (χ0v) is 28.1. The Labute approximate surface area is 259 Å². The van der Waals surface area contributed by atoms with E-state index in [0.717, 1.165) is 38.5 Å². The van der Waals surface area contributed by atoms with E-state index in [2.05, 4.69) is 61.0 Å². The van der Waals surface area contributed by atoms with Gasteiger partial charge in [-0.05, 0) is 47.0 Å². The van der Waals surface area contributed by atoms with Crippen molar-refractivity contribution in [2.45, 2.75) is 87.0 Å². The third-order valence-electron chi connectivity index (χ3n) is 4.14. The predicted octanol–water partition coefficient (Wildman–Crippen LogP) is 6.80. The van der Waals surface area contributed by atoms with Crippen LogP contribution >= 0.6 is 0 Å². The van der Waals surface area contributed by atoms with Gasteiger partial charge in [0.1, 0.15) is 0 Å². The van der Waals surface area contributed by atoms with Crippen LogP contribution in [0.1, 0.15) is 87.0 Å². The molecule has 0 spiro atoms. The first-order valence-corrected chi connectivity index (χ1v) is 14.0. The van der Waals surface area contributed by atoms with Gasteiger partial charge in [0.05, 0.1) is 34.0 Å². The second-order valence-corrected chi connectivity index (χ2v) is 8.81. The maximum absolute atomic E-state index is 10.7. The fourth-order valence-electron chi connectivity index (χ4n) is 1.59. The summed E-state index contributed by atoms with van der Waals surface area (Å²) in [6, 6.07) is 0. The van der Waals surface area contributed by atoms with Crippen molar-refractivity contribution >= 4 is 29.8 Å². The number of rotatable bonds is 14. The maximum atomic E-state index is 10.7. The Morgan fingerprint density at radius 1 is 0.512 bits per heavy atom. The van der Waals surface area contributed by atoms with Gasteiger partial charge in [0, 0.05) is 28.4 Å². The molecule has 0 unspecified atom stereocenters. The molecule has 0 aliphatic rings. The minimum Gasteiger partial charge on any atom is -0.466 e. The molecule has 0 rings (SSSR count). The first-order chi connectivity index (χ1) is 20.0. The molecule has 0 fully saturated rings. The highest BCUT2D eigenvalue weighted by Crippen LogP contribution is 1.95. The van der Waals surface area contributed by atoms with E-state index in [1.54, 1.807) is 27.7 Å². The normalized spacial score (nSPS) is 8.49. The fraction of sp³-hybridized carbons (Fsp3) is 0.545. The number of carbonyl (C=O) groups is 5. The minimum absolute atomic E-state index is 0.284.